The molecule has 0 aliphatic carbocycles. The summed E-state index contributed by atoms with van der Waals surface area (Å²) in [5.74, 6) is 0.871. The first kappa shape index (κ1) is 11.2. The maximum absolute atomic E-state index is 5.66. The molecular weight excluding hydrogens is 240 g/mol. The summed E-state index contributed by atoms with van der Waals surface area (Å²) in [7, 11) is 0. The van der Waals surface area contributed by atoms with Gasteiger partial charge in [-0.3, -0.25) is 0 Å². The minimum atomic E-state index is 0.871. The number of hydrogen-bond acceptors (Lipinski definition) is 2. The molecule has 0 radical (unpaired) electrons. The van der Waals surface area contributed by atoms with Crippen LogP contribution in [0.4, 0.5) is 0 Å². The molecule has 0 unspecified atom stereocenters. The molecule has 0 amide bonds. The standard InChI is InChI=1S/C16H12OS/c1-2-8-15(9-3-1)17-18-16-11-10-13-6-4-5-7-14(13)12-16/h1-12H. The third-order valence-electron chi connectivity index (χ3n) is 2.70. The van der Waals surface area contributed by atoms with Gasteiger partial charge in [0.2, 0.25) is 0 Å². The largest absolute Gasteiger partial charge is 0.421 e. The molecule has 0 fully saturated rings. The molecule has 0 aromatic heterocycles. The fraction of sp³-hybridized carbons (Fsp3) is 0. The van der Waals surface area contributed by atoms with Gasteiger partial charge in [0.15, 0.2) is 0 Å². The van der Waals surface area contributed by atoms with Gasteiger partial charge in [-0.05, 0) is 35.0 Å². The molecule has 3 aromatic rings. The molecular formula is C16H12OS. The van der Waals surface area contributed by atoms with Crippen molar-refractivity contribution < 1.29 is 4.18 Å². The summed E-state index contributed by atoms with van der Waals surface area (Å²) >= 11 is 1.39. The minimum absolute atomic E-state index is 0.871. The molecule has 88 valence electrons. The van der Waals surface area contributed by atoms with Crippen LogP contribution in [0, 0.1) is 0 Å². The Morgan fingerprint density at radius 2 is 1.39 bits per heavy atom. The molecule has 0 saturated heterocycles. The van der Waals surface area contributed by atoms with Gasteiger partial charge in [0.25, 0.3) is 0 Å². The van der Waals surface area contributed by atoms with E-state index in [1.807, 2.05) is 30.3 Å². The lowest BCUT2D eigenvalue weighted by Gasteiger charge is -2.04. The highest BCUT2D eigenvalue weighted by Crippen LogP contribution is 2.26. The van der Waals surface area contributed by atoms with Crippen LogP contribution in [0.5, 0.6) is 5.75 Å². The molecule has 0 aliphatic rings. The van der Waals surface area contributed by atoms with Crippen LogP contribution in [0.25, 0.3) is 10.8 Å². The SMILES string of the molecule is c1ccc(OSc2ccc3ccccc3c2)cc1. The fourth-order valence-corrected chi connectivity index (χ4v) is 2.39. The van der Waals surface area contributed by atoms with E-state index < -0.39 is 0 Å². The van der Waals surface area contributed by atoms with Gasteiger partial charge in [-0.2, -0.15) is 0 Å². The van der Waals surface area contributed by atoms with Crippen LogP contribution in [0.15, 0.2) is 77.7 Å². The zero-order chi connectivity index (χ0) is 12.2. The highest BCUT2D eigenvalue weighted by molar-refractivity contribution is 7.95. The molecule has 0 saturated carbocycles. The average molecular weight is 252 g/mol. The number of fused-ring (bicyclic) bond motifs is 1. The van der Waals surface area contributed by atoms with Gasteiger partial charge in [0.1, 0.15) is 5.75 Å². The van der Waals surface area contributed by atoms with Crippen LogP contribution in [-0.4, -0.2) is 0 Å². The topological polar surface area (TPSA) is 9.23 Å². The van der Waals surface area contributed by atoms with Crippen molar-refractivity contribution >= 4 is 22.8 Å². The molecule has 0 spiro atoms. The van der Waals surface area contributed by atoms with Gasteiger partial charge >= 0.3 is 0 Å². The van der Waals surface area contributed by atoms with Crippen LogP contribution in [0.2, 0.25) is 0 Å². The first-order chi connectivity index (χ1) is 8.92. The Labute approximate surface area is 111 Å². The van der Waals surface area contributed by atoms with Crippen molar-refractivity contribution in [2.75, 3.05) is 0 Å². The first-order valence-electron chi connectivity index (χ1n) is 5.80. The number of rotatable bonds is 3. The van der Waals surface area contributed by atoms with Crippen LogP contribution in [0.1, 0.15) is 0 Å². The lowest BCUT2D eigenvalue weighted by atomic mass is 10.1. The van der Waals surface area contributed by atoms with E-state index in [0.717, 1.165) is 10.6 Å². The van der Waals surface area contributed by atoms with Crippen molar-refractivity contribution in [3.05, 3.63) is 72.8 Å². The molecule has 3 aromatic carbocycles. The van der Waals surface area contributed by atoms with E-state index >= 15 is 0 Å². The third kappa shape index (κ3) is 2.49. The summed E-state index contributed by atoms with van der Waals surface area (Å²) in [4.78, 5) is 1.11. The smallest absolute Gasteiger partial charge is 0.137 e. The Balaban J connectivity index is 1.79. The van der Waals surface area contributed by atoms with Gasteiger partial charge < -0.3 is 4.18 Å². The number of benzene rings is 3. The zero-order valence-corrected chi connectivity index (χ0v) is 10.6. The summed E-state index contributed by atoms with van der Waals surface area (Å²) in [6, 6.07) is 24.5. The molecule has 0 atom stereocenters. The van der Waals surface area contributed by atoms with Crippen molar-refractivity contribution in [1.29, 1.82) is 0 Å². The summed E-state index contributed by atoms with van der Waals surface area (Å²) in [6.45, 7) is 0. The van der Waals surface area contributed by atoms with Crippen molar-refractivity contribution in [2.24, 2.45) is 0 Å². The van der Waals surface area contributed by atoms with Gasteiger partial charge in [-0.1, -0.05) is 48.5 Å². The first-order valence-corrected chi connectivity index (χ1v) is 6.54. The summed E-state index contributed by atoms with van der Waals surface area (Å²) in [5, 5.41) is 2.49. The van der Waals surface area contributed by atoms with E-state index in [-0.39, 0.29) is 0 Å². The maximum Gasteiger partial charge on any atom is 0.137 e. The minimum Gasteiger partial charge on any atom is -0.421 e. The summed E-state index contributed by atoms with van der Waals surface area (Å²) < 4.78 is 5.66. The Bertz CT molecular complexity index is 649. The Morgan fingerprint density at radius 1 is 0.667 bits per heavy atom. The van der Waals surface area contributed by atoms with Gasteiger partial charge in [0.05, 0.1) is 12.0 Å². The normalized spacial score (nSPS) is 10.4. The second-order valence-corrected chi connectivity index (χ2v) is 4.79. The lowest BCUT2D eigenvalue weighted by molar-refractivity contribution is 0.646. The summed E-state index contributed by atoms with van der Waals surface area (Å²) in [6.07, 6.45) is 0. The second-order valence-electron chi connectivity index (χ2n) is 3.99. The zero-order valence-electron chi connectivity index (χ0n) is 9.74. The molecule has 0 N–H and O–H groups in total. The van der Waals surface area contributed by atoms with E-state index in [2.05, 4.69) is 42.5 Å². The van der Waals surface area contributed by atoms with Crippen LogP contribution < -0.4 is 4.18 Å². The van der Waals surface area contributed by atoms with Crippen LogP contribution >= 0.6 is 12.0 Å². The van der Waals surface area contributed by atoms with Crippen molar-refractivity contribution in [1.82, 2.24) is 0 Å². The Morgan fingerprint density at radius 3 is 2.22 bits per heavy atom. The Kier molecular flexibility index (Phi) is 3.20. The van der Waals surface area contributed by atoms with Crippen molar-refractivity contribution in [3.63, 3.8) is 0 Å². The lowest BCUT2D eigenvalue weighted by Crippen LogP contribution is -1.81. The fourth-order valence-electron chi connectivity index (χ4n) is 1.79. The van der Waals surface area contributed by atoms with E-state index in [4.69, 9.17) is 4.18 Å². The second kappa shape index (κ2) is 5.15. The number of hydrogen-bond donors (Lipinski definition) is 0. The monoisotopic (exact) mass is 252 g/mol. The van der Waals surface area contributed by atoms with E-state index in [0.29, 0.717) is 0 Å². The van der Waals surface area contributed by atoms with Crippen LogP contribution in [0.3, 0.4) is 0 Å². The van der Waals surface area contributed by atoms with Crippen LogP contribution in [-0.2, 0) is 0 Å². The third-order valence-corrected chi connectivity index (χ3v) is 3.42. The predicted molar refractivity (Wildman–Crippen MR) is 76.9 cm³/mol. The van der Waals surface area contributed by atoms with E-state index in [1.54, 1.807) is 0 Å². The maximum atomic E-state index is 5.66. The summed E-state index contributed by atoms with van der Waals surface area (Å²) in [5.41, 5.74) is 0. The van der Waals surface area contributed by atoms with E-state index in [1.165, 1.54) is 22.8 Å². The van der Waals surface area contributed by atoms with E-state index in [9.17, 15) is 0 Å². The average Bonchev–Trinajstić information content (AvgIpc) is 2.46. The predicted octanol–water partition coefficient (Wildman–Crippen LogP) is 4.93. The van der Waals surface area contributed by atoms with Crippen molar-refractivity contribution in [3.8, 4) is 5.75 Å². The molecule has 0 aliphatic heterocycles. The molecule has 2 heteroatoms. The highest BCUT2D eigenvalue weighted by atomic mass is 32.2. The van der Waals surface area contributed by atoms with Gasteiger partial charge in [-0.15, -0.1) is 0 Å². The molecule has 0 bridgehead atoms. The molecule has 1 nitrogen and oxygen atoms in total. The quantitative estimate of drug-likeness (QED) is 0.611. The number of para-hydroxylation sites is 1. The van der Waals surface area contributed by atoms with Gasteiger partial charge in [-0.25, -0.2) is 0 Å². The highest BCUT2D eigenvalue weighted by Gasteiger charge is 1.99. The molecule has 0 heterocycles. The Hall–Kier alpha value is -1.93. The van der Waals surface area contributed by atoms with Gasteiger partial charge in [0, 0.05) is 4.90 Å². The molecule has 3 rings (SSSR count). The van der Waals surface area contributed by atoms with Crippen molar-refractivity contribution in [2.45, 2.75) is 4.90 Å². The molecule has 18 heavy (non-hydrogen) atoms.